The lowest BCUT2D eigenvalue weighted by atomic mass is 9.93. The summed E-state index contributed by atoms with van der Waals surface area (Å²) in [5.74, 6) is -1.17. The lowest BCUT2D eigenvalue weighted by Gasteiger charge is -2.29. The van der Waals surface area contributed by atoms with Crippen molar-refractivity contribution >= 4 is 16.7 Å². The molecule has 1 aromatic carbocycles. The van der Waals surface area contributed by atoms with Crippen LogP contribution in [0.25, 0.3) is 22.2 Å². The molecule has 196 valence electrons. The maximum absolute atomic E-state index is 14.1. The highest BCUT2D eigenvalue weighted by molar-refractivity contribution is 5.93. The predicted molar refractivity (Wildman–Crippen MR) is 134 cm³/mol. The highest BCUT2D eigenvalue weighted by Gasteiger charge is 2.28. The minimum Gasteiger partial charge on any atom is -0.487 e. The van der Waals surface area contributed by atoms with Crippen LogP contribution >= 0.6 is 0 Å². The summed E-state index contributed by atoms with van der Waals surface area (Å²) in [5, 5.41) is 32.3. The van der Waals surface area contributed by atoms with E-state index in [1.165, 1.54) is 12.1 Å². The van der Waals surface area contributed by atoms with Crippen molar-refractivity contribution in [2.24, 2.45) is 0 Å². The zero-order valence-corrected chi connectivity index (χ0v) is 20.5. The molecule has 0 aliphatic heterocycles. The lowest BCUT2D eigenvalue weighted by molar-refractivity contribution is 0.0783. The van der Waals surface area contributed by atoms with Crippen molar-refractivity contribution in [3.63, 3.8) is 0 Å². The molecule has 5 rings (SSSR count). The number of nitrogens with one attached hydrogen (secondary N) is 1. The summed E-state index contributed by atoms with van der Waals surface area (Å²) in [6.45, 7) is 2.57. The second-order valence-corrected chi connectivity index (χ2v) is 9.30. The van der Waals surface area contributed by atoms with Crippen molar-refractivity contribution < 1.29 is 23.7 Å². The average Bonchev–Trinajstić information content (AvgIpc) is 3.52. The van der Waals surface area contributed by atoms with E-state index in [-0.39, 0.29) is 31.0 Å². The van der Waals surface area contributed by atoms with Gasteiger partial charge in [0.1, 0.15) is 11.5 Å². The maximum atomic E-state index is 14.1. The fourth-order valence-electron chi connectivity index (χ4n) is 4.82. The molecule has 0 bridgehead atoms. The molecule has 1 aliphatic carbocycles. The molecule has 37 heavy (non-hydrogen) atoms. The highest BCUT2D eigenvalue weighted by atomic mass is 19.2. The molecule has 0 unspecified atom stereocenters. The predicted octanol–water partition coefficient (Wildman–Crippen LogP) is 3.92. The minimum absolute atomic E-state index is 0.0556. The number of hydrogen-bond acceptors (Lipinski definition) is 7. The van der Waals surface area contributed by atoms with Gasteiger partial charge in [0, 0.05) is 36.0 Å². The van der Waals surface area contributed by atoms with E-state index in [9.17, 15) is 13.9 Å². The third-order valence-electron chi connectivity index (χ3n) is 6.66. The maximum Gasteiger partial charge on any atom is 0.200 e. The molecule has 3 aromatic heterocycles. The molecule has 4 aromatic rings. The van der Waals surface area contributed by atoms with Crippen molar-refractivity contribution in [3.8, 4) is 17.0 Å². The molecule has 0 amide bonds. The fraction of sp³-hybridized carbons (Fsp3) is 0.423. The van der Waals surface area contributed by atoms with E-state index in [1.54, 1.807) is 23.3 Å². The van der Waals surface area contributed by atoms with E-state index in [2.05, 4.69) is 15.4 Å². The van der Waals surface area contributed by atoms with Crippen LogP contribution in [-0.4, -0.2) is 60.1 Å². The van der Waals surface area contributed by atoms with Crippen LogP contribution in [0.3, 0.4) is 0 Å². The van der Waals surface area contributed by atoms with E-state index in [0.717, 1.165) is 53.4 Å². The summed E-state index contributed by atoms with van der Waals surface area (Å²) in [5.41, 5.74) is 2.45. The van der Waals surface area contributed by atoms with Gasteiger partial charge < -0.3 is 20.3 Å². The van der Waals surface area contributed by atoms with Gasteiger partial charge in [0.25, 0.3) is 0 Å². The number of rotatable bonds is 9. The molecule has 0 spiro atoms. The number of ether oxygens (including phenoxy) is 1. The average molecular weight is 513 g/mol. The molecule has 0 radical (unpaired) electrons. The number of pyridine rings is 1. The van der Waals surface area contributed by atoms with E-state index in [1.807, 2.05) is 17.7 Å². The largest absolute Gasteiger partial charge is 0.487 e. The zero-order chi connectivity index (χ0) is 25.9. The van der Waals surface area contributed by atoms with E-state index >= 15 is 0 Å². The molecule has 1 atom stereocenters. The van der Waals surface area contributed by atoms with Crippen LogP contribution in [0, 0.1) is 11.6 Å². The number of fused-ring (bicyclic) bond motifs is 1. The Balaban J connectivity index is 1.40. The second-order valence-electron chi connectivity index (χ2n) is 9.30. The number of hydrogen-bond donors (Lipinski definition) is 3. The van der Waals surface area contributed by atoms with Gasteiger partial charge in [-0.15, -0.1) is 0 Å². The quantitative estimate of drug-likeness (QED) is 0.312. The van der Waals surface area contributed by atoms with E-state index < -0.39 is 17.7 Å². The number of aliphatic hydroxyl groups excluding tert-OH is 2. The van der Waals surface area contributed by atoms with Crippen LogP contribution < -0.4 is 10.1 Å². The number of aliphatic hydroxyl groups is 2. The smallest absolute Gasteiger partial charge is 0.200 e. The summed E-state index contributed by atoms with van der Waals surface area (Å²) in [4.78, 5) is 4.53. The third kappa shape index (κ3) is 5.28. The van der Waals surface area contributed by atoms with Crippen LogP contribution in [0.5, 0.6) is 5.75 Å². The first kappa shape index (κ1) is 25.1. The topological polar surface area (TPSA) is 110 Å². The summed E-state index contributed by atoms with van der Waals surface area (Å²) in [6.07, 6.45) is 7.06. The second kappa shape index (κ2) is 10.8. The van der Waals surface area contributed by atoms with Crippen LogP contribution in [0.15, 0.2) is 42.9 Å². The first-order valence-corrected chi connectivity index (χ1v) is 12.5. The van der Waals surface area contributed by atoms with Crippen LogP contribution in [0.1, 0.15) is 38.6 Å². The molecular formula is C26H30F2N6O3. The molecule has 3 heterocycles. The Kier molecular flexibility index (Phi) is 7.33. The number of nitrogens with zero attached hydrogens (tertiary/aromatic N) is 5. The molecule has 3 N–H and O–H groups in total. The molecule has 11 heteroatoms. The van der Waals surface area contributed by atoms with Gasteiger partial charge in [-0.05, 0) is 44.7 Å². The van der Waals surface area contributed by atoms with Gasteiger partial charge in [0.05, 0.1) is 43.1 Å². The van der Waals surface area contributed by atoms with Gasteiger partial charge in [-0.25, -0.2) is 9.37 Å². The summed E-state index contributed by atoms with van der Waals surface area (Å²) in [7, 11) is 0. The van der Waals surface area contributed by atoms with Crippen LogP contribution in [0.2, 0.25) is 0 Å². The first-order chi connectivity index (χ1) is 18.0. The molecular weight excluding hydrogens is 482 g/mol. The van der Waals surface area contributed by atoms with Gasteiger partial charge in [0.15, 0.2) is 11.6 Å². The number of halogens is 2. The van der Waals surface area contributed by atoms with Crippen LogP contribution in [0.4, 0.5) is 14.6 Å². The monoisotopic (exact) mass is 512 g/mol. The standard InChI is InChI=1S/C26H30F2N6O3/c1-2-29-24-10-22-20(12-30-24)26(16-11-31-33(13-16)14-18(36)15-35)32-34(22)17-6-8-19(9-7-17)37-23-5-3-4-21(27)25(23)28/h3-5,10-13,17-19,35-36H,2,6-9,14-15H2,1H3,(H,29,30)/t17-,18-,19+/m1/s1. The van der Waals surface area contributed by atoms with Crippen molar-refractivity contribution in [1.82, 2.24) is 24.5 Å². The van der Waals surface area contributed by atoms with E-state index in [0.29, 0.717) is 12.8 Å². The molecule has 1 saturated carbocycles. The fourth-order valence-corrected chi connectivity index (χ4v) is 4.82. The Morgan fingerprint density at radius 1 is 1.19 bits per heavy atom. The highest BCUT2D eigenvalue weighted by Crippen LogP contribution is 2.37. The van der Waals surface area contributed by atoms with Gasteiger partial charge >= 0.3 is 0 Å². The number of aromatic nitrogens is 5. The van der Waals surface area contributed by atoms with Crippen LogP contribution in [-0.2, 0) is 6.54 Å². The zero-order valence-electron chi connectivity index (χ0n) is 20.5. The minimum atomic E-state index is -0.956. The molecule has 1 fully saturated rings. The van der Waals surface area contributed by atoms with Crippen molar-refractivity contribution in [2.75, 3.05) is 18.5 Å². The molecule has 0 saturated heterocycles. The summed E-state index contributed by atoms with van der Waals surface area (Å²) in [6, 6.07) is 6.05. The summed E-state index contributed by atoms with van der Waals surface area (Å²) < 4.78 is 37.0. The Labute approximate surface area is 212 Å². The first-order valence-electron chi connectivity index (χ1n) is 12.5. The van der Waals surface area contributed by atoms with Crippen molar-refractivity contribution in [1.29, 1.82) is 0 Å². The Bertz CT molecular complexity index is 1370. The normalized spacial score (nSPS) is 18.7. The van der Waals surface area contributed by atoms with Crippen molar-refractivity contribution in [2.45, 2.75) is 57.4 Å². The SMILES string of the molecule is CCNc1cc2c(cn1)c(-c1cnn(C[C@@H](O)CO)c1)nn2[C@H]1CC[C@@H](Oc2cccc(F)c2F)CC1. The van der Waals surface area contributed by atoms with E-state index in [4.69, 9.17) is 14.9 Å². The summed E-state index contributed by atoms with van der Waals surface area (Å²) >= 11 is 0. The molecule has 9 nitrogen and oxygen atoms in total. The van der Waals surface area contributed by atoms with Crippen molar-refractivity contribution in [3.05, 3.63) is 54.5 Å². The Hall–Kier alpha value is -3.57. The lowest BCUT2D eigenvalue weighted by Crippen LogP contribution is -2.26. The Morgan fingerprint density at radius 2 is 2.00 bits per heavy atom. The van der Waals surface area contributed by atoms with Gasteiger partial charge in [0.2, 0.25) is 5.82 Å². The van der Waals surface area contributed by atoms with Gasteiger partial charge in [-0.1, -0.05) is 6.07 Å². The molecule has 1 aliphatic rings. The van der Waals surface area contributed by atoms with Gasteiger partial charge in [-0.3, -0.25) is 9.36 Å². The number of anilines is 1. The third-order valence-corrected chi connectivity index (χ3v) is 6.66. The van der Waals surface area contributed by atoms with Gasteiger partial charge in [-0.2, -0.15) is 14.6 Å². The Morgan fingerprint density at radius 3 is 2.76 bits per heavy atom. The number of benzene rings is 1.